The van der Waals surface area contributed by atoms with Gasteiger partial charge in [-0.25, -0.2) is 0 Å². The fourth-order valence-corrected chi connectivity index (χ4v) is 2.90. The van der Waals surface area contributed by atoms with Crippen molar-refractivity contribution in [2.45, 2.75) is 38.1 Å². The molecule has 4 heteroatoms. The molecular formula is C17H25N3O. The first-order valence-corrected chi connectivity index (χ1v) is 8.16. The van der Waals surface area contributed by atoms with Gasteiger partial charge in [0, 0.05) is 44.3 Å². The third-order valence-electron chi connectivity index (χ3n) is 4.27. The Morgan fingerprint density at radius 2 is 2.10 bits per heavy atom. The third-order valence-corrected chi connectivity index (χ3v) is 4.27. The van der Waals surface area contributed by atoms with Gasteiger partial charge in [-0.3, -0.25) is 4.79 Å². The molecule has 1 amide bonds. The summed E-state index contributed by atoms with van der Waals surface area (Å²) in [6.45, 7) is 3.73. The Morgan fingerprint density at radius 3 is 2.95 bits per heavy atom. The van der Waals surface area contributed by atoms with Crippen LogP contribution in [0.25, 0.3) is 0 Å². The number of hydrogen-bond acceptors (Lipinski definition) is 3. The van der Waals surface area contributed by atoms with Crippen LogP contribution in [0.3, 0.4) is 0 Å². The Kier molecular flexibility index (Phi) is 4.76. The Morgan fingerprint density at radius 1 is 1.24 bits per heavy atom. The lowest BCUT2D eigenvalue weighted by atomic mass is 10.2. The Hall–Kier alpha value is -1.55. The van der Waals surface area contributed by atoms with Crippen LogP contribution in [0.4, 0.5) is 5.69 Å². The average molecular weight is 287 g/mol. The zero-order valence-corrected chi connectivity index (χ0v) is 12.6. The first kappa shape index (κ1) is 14.4. The van der Waals surface area contributed by atoms with Crippen molar-refractivity contribution in [3.05, 3.63) is 29.8 Å². The van der Waals surface area contributed by atoms with Crippen LogP contribution >= 0.6 is 0 Å². The van der Waals surface area contributed by atoms with Crippen molar-refractivity contribution in [2.24, 2.45) is 0 Å². The number of benzene rings is 1. The van der Waals surface area contributed by atoms with E-state index in [4.69, 9.17) is 0 Å². The molecule has 1 aliphatic carbocycles. The van der Waals surface area contributed by atoms with Gasteiger partial charge in [-0.2, -0.15) is 0 Å². The van der Waals surface area contributed by atoms with Gasteiger partial charge in [-0.1, -0.05) is 18.2 Å². The first-order chi connectivity index (χ1) is 10.3. The second kappa shape index (κ2) is 6.94. The summed E-state index contributed by atoms with van der Waals surface area (Å²) in [6, 6.07) is 9.31. The molecule has 0 atom stereocenters. The molecule has 0 aromatic heterocycles. The number of amides is 1. The Labute approximate surface area is 126 Å². The van der Waals surface area contributed by atoms with Crippen molar-refractivity contribution in [1.29, 1.82) is 0 Å². The topological polar surface area (TPSA) is 44.4 Å². The summed E-state index contributed by atoms with van der Waals surface area (Å²) in [7, 11) is 0. The minimum atomic E-state index is 0.171. The first-order valence-electron chi connectivity index (χ1n) is 8.16. The summed E-state index contributed by atoms with van der Waals surface area (Å²) in [6.07, 6.45) is 5.31. The average Bonchev–Trinajstić information content (AvgIpc) is 3.23. The summed E-state index contributed by atoms with van der Waals surface area (Å²) in [5.41, 5.74) is 2.82. The third kappa shape index (κ3) is 4.21. The fourth-order valence-electron chi connectivity index (χ4n) is 2.90. The molecule has 2 aliphatic rings. The summed E-state index contributed by atoms with van der Waals surface area (Å²) < 4.78 is 0. The SMILES string of the molecule is O=C(CCNC1CC1)NCCCN1CCc2ccccc21. The summed E-state index contributed by atoms with van der Waals surface area (Å²) in [4.78, 5) is 14.1. The van der Waals surface area contributed by atoms with E-state index in [1.165, 1.54) is 24.1 Å². The van der Waals surface area contributed by atoms with E-state index in [2.05, 4.69) is 39.8 Å². The highest BCUT2D eigenvalue weighted by Gasteiger charge is 2.20. The van der Waals surface area contributed by atoms with Crippen LogP contribution in [0.1, 0.15) is 31.2 Å². The smallest absolute Gasteiger partial charge is 0.221 e. The quantitative estimate of drug-likeness (QED) is 0.715. The van der Waals surface area contributed by atoms with Gasteiger partial charge in [0.05, 0.1) is 0 Å². The second-order valence-corrected chi connectivity index (χ2v) is 6.05. The molecular weight excluding hydrogens is 262 g/mol. The van der Waals surface area contributed by atoms with Gasteiger partial charge in [-0.15, -0.1) is 0 Å². The molecule has 114 valence electrons. The highest BCUT2D eigenvalue weighted by atomic mass is 16.1. The Balaban J connectivity index is 1.29. The number of anilines is 1. The fraction of sp³-hybridized carbons (Fsp3) is 0.588. The number of nitrogens with zero attached hydrogens (tertiary/aromatic N) is 1. The molecule has 3 rings (SSSR count). The Bertz CT molecular complexity index is 485. The number of nitrogens with one attached hydrogen (secondary N) is 2. The lowest BCUT2D eigenvalue weighted by Gasteiger charge is -2.19. The molecule has 4 nitrogen and oxygen atoms in total. The predicted octanol–water partition coefficient (Wildman–Crippen LogP) is 1.70. The second-order valence-electron chi connectivity index (χ2n) is 6.05. The molecule has 0 bridgehead atoms. The van der Waals surface area contributed by atoms with Crippen molar-refractivity contribution >= 4 is 11.6 Å². The van der Waals surface area contributed by atoms with Crippen LogP contribution < -0.4 is 15.5 Å². The standard InChI is InChI=1S/C17H25N3O/c21-17(8-11-18-15-6-7-15)19-10-3-12-20-13-9-14-4-1-2-5-16(14)20/h1-2,4-5,15,18H,3,6-13H2,(H,19,21). The molecule has 1 fully saturated rings. The van der Waals surface area contributed by atoms with Crippen LogP contribution in [0.5, 0.6) is 0 Å². The van der Waals surface area contributed by atoms with Gasteiger partial charge in [0.25, 0.3) is 0 Å². The molecule has 0 radical (unpaired) electrons. The van der Waals surface area contributed by atoms with E-state index in [1.807, 2.05) is 0 Å². The number of fused-ring (bicyclic) bond motifs is 1. The van der Waals surface area contributed by atoms with Crippen LogP contribution in [-0.2, 0) is 11.2 Å². The van der Waals surface area contributed by atoms with E-state index in [0.717, 1.165) is 39.0 Å². The monoisotopic (exact) mass is 287 g/mol. The van der Waals surface area contributed by atoms with E-state index in [-0.39, 0.29) is 5.91 Å². The van der Waals surface area contributed by atoms with Crippen LogP contribution in [0.2, 0.25) is 0 Å². The number of rotatable bonds is 8. The van der Waals surface area contributed by atoms with E-state index >= 15 is 0 Å². The van der Waals surface area contributed by atoms with Gasteiger partial charge in [0.2, 0.25) is 5.91 Å². The van der Waals surface area contributed by atoms with Crippen molar-refractivity contribution in [3.8, 4) is 0 Å². The van der Waals surface area contributed by atoms with Crippen molar-refractivity contribution in [3.63, 3.8) is 0 Å². The lowest BCUT2D eigenvalue weighted by Crippen LogP contribution is -2.31. The van der Waals surface area contributed by atoms with Gasteiger partial charge in [0.1, 0.15) is 0 Å². The van der Waals surface area contributed by atoms with E-state index in [9.17, 15) is 4.79 Å². The molecule has 1 heterocycles. The molecule has 2 N–H and O–H groups in total. The number of hydrogen-bond donors (Lipinski definition) is 2. The summed E-state index contributed by atoms with van der Waals surface area (Å²) in [5, 5.41) is 6.38. The molecule has 1 saturated carbocycles. The minimum absolute atomic E-state index is 0.171. The van der Waals surface area contributed by atoms with Crippen LogP contribution in [0.15, 0.2) is 24.3 Å². The maximum Gasteiger partial charge on any atom is 0.221 e. The maximum atomic E-state index is 11.7. The van der Waals surface area contributed by atoms with E-state index in [0.29, 0.717) is 12.5 Å². The molecule has 1 aliphatic heterocycles. The summed E-state index contributed by atoms with van der Waals surface area (Å²) in [5.74, 6) is 0.171. The van der Waals surface area contributed by atoms with Crippen molar-refractivity contribution in [2.75, 3.05) is 31.1 Å². The van der Waals surface area contributed by atoms with Crippen LogP contribution in [-0.4, -0.2) is 38.1 Å². The maximum absolute atomic E-state index is 11.7. The highest BCUT2D eigenvalue weighted by Crippen LogP contribution is 2.27. The predicted molar refractivity (Wildman–Crippen MR) is 85.6 cm³/mol. The van der Waals surface area contributed by atoms with Crippen molar-refractivity contribution in [1.82, 2.24) is 10.6 Å². The summed E-state index contributed by atoms with van der Waals surface area (Å²) >= 11 is 0. The van der Waals surface area contributed by atoms with Crippen LogP contribution in [0, 0.1) is 0 Å². The normalized spacial score (nSPS) is 16.9. The van der Waals surface area contributed by atoms with Crippen molar-refractivity contribution < 1.29 is 4.79 Å². The number of carbonyl (C=O) groups excluding carboxylic acids is 1. The van der Waals surface area contributed by atoms with E-state index < -0.39 is 0 Å². The molecule has 0 spiro atoms. The molecule has 1 aromatic carbocycles. The minimum Gasteiger partial charge on any atom is -0.371 e. The number of para-hydroxylation sites is 1. The zero-order valence-electron chi connectivity index (χ0n) is 12.6. The molecule has 0 unspecified atom stereocenters. The van der Waals surface area contributed by atoms with Gasteiger partial charge in [-0.05, 0) is 37.3 Å². The zero-order chi connectivity index (χ0) is 14.5. The van der Waals surface area contributed by atoms with E-state index in [1.54, 1.807) is 0 Å². The van der Waals surface area contributed by atoms with Gasteiger partial charge >= 0.3 is 0 Å². The van der Waals surface area contributed by atoms with Gasteiger partial charge in [0.15, 0.2) is 0 Å². The highest BCUT2D eigenvalue weighted by molar-refractivity contribution is 5.76. The number of carbonyl (C=O) groups is 1. The lowest BCUT2D eigenvalue weighted by molar-refractivity contribution is -0.120. The largest absolute Gasteiger partial charge is 0.371 e. The molecule has 0 saturated heterocycles. The van der Waals surface area contributed by atoms with Gasteiger partial charge < -0.3 is 15.5 Å². The molecule has 21 heavy (non-hydrogen) atoms. The molecule has 1 aromatic rings.